The lowest BCUT2D eigenvalue weighted by atomic mass is 9.80. The molecule has 0 saturated carbocycles. The molecule has 0 aromatic carbocycles. The fourth-order valence-electron chi connectivity index (χ4n) is 5.11. The number of rotatable bonds is 15. The largest absolute Gasteiger partial charge is 0.303 e. The van der Waals surface area contributed by atoms with Crippen molar-refractivity contribution in [2.24, 2.45) is 17.3 Å². The maximum Gasteiger partial charge on any atom is 0.233 e. The Balaban J connectivity index is 2.89. The first kappa shape index (κ1) is 25.8. The van der Waals surface area contributed by atoms with E-state index >= 15 is 0 Å². The Bertz CT molecular complexity index is 526. The number of nitrogens with zero attached hydrogens (tertiary/aromatic N) is 1. The predicted molar refractivity (Wildman–Crippen MR) is 120 cm³/mol. The second-order valence-corrected chi connectivity index (χ2v) is 10.4. The van der Waals surface area contributed by atoms with Crippen molar-refractivity contribution in [3.63, 3.8) is 0 Å². The molecule has 168 valence electrons. The molecule has 0 radical (unpaired) electrons. The van der Waals surface area contributed by atoms with Crippen molar-refractivity contribution in [2.45, 2.75) is 124 Å². The van der Waals surface area contributed by atoms with Gasteiger partial charge in [-0.25, -0.2) is 0 Å². The van der Waals surface area contributed by atoms with Crippen LogP contribution in [-0.4, -0.2) is 28.5 Å². The third kappa shape index (κ3) is 7.86. The summed E-state index contributed by atoms with van der Waals surface area (Å²) >= 11 is 0. The molecule has 0 spiro atoms. The molecule has 1 rings (SSSR count). The molecule has 1 aliphatic heterocycles. The highest BCUT2D eigenvalue weighted by atomic mass is 16.2. The summed E-state index contributed by atoms with van der Waals surface area (Å²) in [6.45, 7) is 12.0. The van der Waals surface area contributed by atoms with Crippen molar-refractivity contribution in [1.29, 1.82) is 0 Å². The Kier molecular flexibility index (Phi) is 10.6. The van der Waals surface area contributed by atoms with E-state index in [1.807, 2.05) is 27.7 Å². The Hall–Kier alpha value is -1.19. The van der Waals surface area contributed by atoms with Crippen LogP contribution in [0, 0.1) is 17.3 Å². The molecule has 4 heteroatoms. The summed E-state index contributed by atoms with van der Waals surface area (Å²) in [5.74, 6) is 0.0703. The fourth-order valence-corrected chi connectivity index (χ4v) is 5.11. The first-order valence-electron chi connectivity index (χ1n) is 11.9. The van der Waals surface area contributed by atoms with E-state index < -0.39 is 11.0 Å². The molecule has 1 heterocycles. The number of amides is 2. The summed E-state index contributed by atoms with van der Waals surface area (Å²) in [5, 5.41) is 0. The standard InChI is InChI=1S/C25H45NO3/c1-7-9-11-13-15-20(16-14-12-10-8-2)21-17-22(28)26(23(21)29)25(5,6)18-24(3,4)19-27/h19-21H,7-18H2,1-6H3. The summed E-state index contributed by atoms with van der Waals surface area (Å²) in [6.07, 6.45) is 13.4. The smallest absolute Gasteiger partial charge is 0.233 e. The lowest BCUT2D eigenvalue weighted by Gasteiger charge is -2.38. The van der Waals surface area contributed by atoms with Gasteiger partial charge in [-0.05, 0) is 39.0 Å². The number of imide groups is 1. The number of carbonyl (C=O) groups is 3. The quantitative estimate of drug-likeness (QED) is 0.181. The highest BCUT2D eigenvalue weighted by Gasteiger charge is 2.49. The van der Waals surface area contributed by atoms with Crippen LogP contribution in [0.4, 0.5) is 0 Å². The van der Waals surface area contributed by atoms with Gasteiger partial charge in [-0.15, -0.1) is 0 Å². The van der Waals surface area contributed by atoms with Crippen LogP contribution in [0.15, 0.2) is 0 Å². The number of carbonyl (C=O) groups excluding carboxylic acids is 3. The van der Waals surface area contributed by atoms with Crippen LogP contribution in [0.2, 0.25) is 0 Å². The van der Waals surface area contributed by atoms with E-state index in [0.29, 0.717) is 18.8 Å². The second kappa shape index (κ2) is 11.9. The van der Waals surface area contributed by atoms with Gasteiger partial charge in [0, 0.05) is 17.4 Å². The topological polar surface area (TPSA) is 54.5 Å². The minimum Gasteiger partial charge on any atom is -0.303 e. The zero-order chi connectivity index (χ0) is 22.1. The van der Waals surface area contributed by atoms with Crippen molar-refractivity contribution in [1.82, 2.24) is 4.90 Å². The molecule has 0 bridgehead atoms. The maximum atomic E-state index is 13.4. The Morgan fingerprint density at radius 3 is 1.90 bits per heavy atom. The van der Waals surface area contributed by atoms with Crippen molar-refractivity contribution in [3.8, 4) is 0 Å². The van der Waals surface area contributed by atoms with Crippen molar-refractivity contribution < 1.29 is 14.4 Å². The molecule has 2 amide bonds. The summed E-state index contributed by atoms with van der Waals surface area (Å²) in [5.41, 5.74) is -1.19. The maximum absolute atomic E-state index is 13.4. The lowest BCUT2D eigenvalue weighted by molar-refractivity contribution is -0.147. The van der Waals surface area contributed by atoms with Gasteiger partial charge in [0.2, 0.25) is 11.8 Å². The molecular formula is C25H45NO3. The van der Waals surface area contributed by atoms with Crippen LogP contribution < -0.4 is 0 Å². The number of hydrogen-bond acceptors (Lipinski definition) is 3. The molecule has 0 aromatic rings. The summed E-state index contributed by atoms with van der Waals surface area (Å²) < 4.78 is 0. The normalized spacial score (nSPS) is 18.2. The monoisotopic (exact) mass is 407 g/mol. The average molecular weight is 408 g/mol. The number of likely N-dealkylation sites (tertiary alicyclic amines) is 1. The minimum absolute atomic E-state index is 0.00215. The SMILES string of the molecule is CCCCCCC(CCCCCC)C1CC(=O)N(C(C)(C)CC(C)(C)C=O)C1=O. The van der Waals surface area contributed by atoms with Gasteiger partial charge in [0.15, 0.2) is 0 Å². The number of aldehydes is 1. The van der Waals surface area contributed by atoms with Crippen LogP contribution in [0.25, 0.3) is 0 Å². The molecule has 0 N–H and O–H groups in total. The zero-order valence-electron chi connectivity index (χ0n) is 19.9. The van der Waals surface area contributed by atoms with Crippen molar-refractivity contribution in [2.75, 3.05) is 0 Å². The van der Waals surface area contributed by atoms with E-state index in [0.717, 1.165) is 32.0 Å². The van der Waals surface area contributed by atoms with Crippen molar-refractivity contribution in [3.05, 3.63) is 0 Å². The molecule has 1 aliphatic rings. The summed E-state index contributed by atoms with van der Waals surface area (Å²) in [7, 11) is 0. The van der Waals surface area contributed by atoms with Gasteiger partial charge in [0.25, 0.3) is 0 Å². The van der Waals surface area contributed by atoms with E-state index in [-0.39, 0.29) is 17.7 Å². The third-order valence-corrected chi connectivity index (χ3v) is 6.42. The third-order valence-electron chi connectivity index (χ3n) is 6.42. The molecule has 1 saturated heterocycles. The molecule has 1 fully saturated rings. The molecule has 0 aliphatic carbocycles. The van der Waals surface area contributed by atoms with Gasteiger partial charge >= 0.3 is 0 Å². The van der Waals surface area contributed by atoms with Crippen LogP contribution in [-0.2, 0) is 14.4 Å². The Morgan fingerprint density at radius 1 is 0.931 bits per heavy atom. The van der Waals surface area contributed by atoms with Crippen LogP contribution in [0.1, 0.15) is 119 Å². The Labute approximate surface area is 179 Å². The molecular weight excluding hydrogens is 362 g/mol. The van der Waals surface area contributed by atoms with E-state index in [2.05, 4.69) is 13.8 Å². The first-order valence-corrected chi connectivity index (χ1v) is 11.9. The Morgan fingerprint density at radius 2 is 1.45 bits per heavy atom. The van der Waals surface area contributed by atoms with E-state index in [9.17, 15) is 14.4 Å². The molecule has 29 heavy (non-hydrogen) atoms. The second-order valence-electron chi connectivity index (χ2n) is 10.4. The lowest BCUT2D eigenvalue weighted by Crippen LogP contribution is -2.50. The van der Waals surface area contributed by atoms with E-state index in [4.69, 9.17) is 0 Å². The zero-order valence-corrected chi connectivity index (χ0v) is 19.9. The van der Waals surface area contributed by atoms with Crippen LogP contribution >= 0.6 is 0 Å². The minimum atomic E-state index is -0.637. The fraction of sp³-hybridized carbons (Fsp3) is 0.880. The van der Waals surface area contributed by atoms with Gasteiger partial charge in [0.05, 0.1) is 5.92 Å². The highest BCUT2D eigenvalue weighted by molar-refractivity contribution is 6.04. The van der Waals surface area contributed by atoms with Gasteiger partial charge in [0.1, 0.15) is 6.29 Å². The predicted octanol–water partition coefficient (Wildman–Crippen LogP) is 6.31. The van der Waals surface area contributed by atoms with Gasteiger partial charge in [-0.3, -0.25) is 14.5 Å². The van der Waals surface area contributed by atoms with Crippen LogP contribution in [0.5, 0.6) is 0 Å². The van der Waals surface area contributed by atoms with E-state index in [1.54, 1.807) is 0 Å². The highest BCUT2D eigenvalue weighted by Crippen LogP contribution is 2.40. The van der Waals surface area contributed by atoms with Gasteiger partial charge in [-0.2, -0.15) is 0 Å². The number of hydrogen-bond donors (Lipinski definition) is 0. The number of unbranched alkanes of at least 4 members (excludes halogenated alkanes) is 6. The summed E-state index contributed by atoms with van der Waals surface area (Å²) in [4.78, 5) is 39.2. The van der Waals surface area contributed by atoms with Gasteiger partial charge in [-0.1, -0.05) is 79.1 Å². The average Bonchev–Trinajstić information content (AvgIpc) is 2.94. The molecule has 1 unspecified atom stereocenters. The van der Waals surface area contributed by atoms with Crippen molar-refractivity contribution >= 4 is 18.1 Å². The summed E-state index contributed by atoms with van der Waals surface area (Å²) in [6, 6.07) is 0. The van der Waals surface area contributed by atoms with Gasteiger partial charge < -0.3 is 4.79 Å². The molecule has 4 nitrogen and oxygen atoms in total. The van der Waals surface area contributed by atoms with Crippen LogP contribution in [0.3, 0.4) is 0 Å². The molecule has 1 atom stereocenters. The van der Waals surface area contributed by atoms with E-state index in [1.165, 1.54) is 43.4 Å². The first-order chi connectivity index (χ1) is 13.6. The molecule has 0 aromatic heterocycles.